The van der Waals surface area contributed by atoms with Gasteiger partial charge >= 0.3 is 0 Å². The highest BCUT2D eigenvalue weighted by Gasteiger charge is 2.07. The predicted molar refractivity (Wildman–Crippen MR) is 84.1 cm³/mol. The number of carbonyl (C=O) groups is 1. The fraction of sp³-hybridized carbons (Fsp3) is 0.471. The van der Waals surface area contributed by atoms with Gasteiger partial charge in [0.1, 0.15) is 5.76 Å². The Bertz CT molecular complexity index is 333. The summed E-state index contributed by atoms with van der Waals surface area (Å²) in [6.07, 6.45) is 11.0. The van der Waals surface area contributed by atoms with Gasteiger partial charge in [-0.3, -0.25) is 4.79 Å². The van der Waals surface area contributed by atoms with E-state index in [4.69, 9.17) is 4.74 Å². The zero-order chi connectivity index (χ0) is 15.1. The molecule has 0 fully saturated rings. The molecule has 2 nitrogen and oxygen atoms in total. The van der Waals surface area contributed by atoms with Crippen LogP contribution in [-0.2, 0) is 9.53 Å². The maximum atomic E-state index is 11.9. The zero-order valence-corrected chi connectivity index (χ0v) is 13.0. The van der Waals surface area contributed by atoms with Crippen molar-refractivity contribution < 1.29 is 9.53 Å². The first-order valence-corrected chi connectivity index (χ1v) is 6.97. The molecule has 0 saturated carbocycles. The Kier molecular flexibility index (Phi) is 15.1. The number of carbonyl (C=O) groups excluding carboxylic acids is 1. The second kappa shape index (κ2) is 14.5. The molecule has 0 atom stereocenters. The molecule has 0 aromatic carbocycles. The van der Waals surface area contributed by atoms with Crippen LogP contribution in [0.1, 0.15) is 47.5 Å². The van der Waals surface area contributed by atoms with Crippen LogP contribution in [-0.4, -0.2) is 12.4 Å². The standard InChI is InChI=1S/C15H22O2.C2H6/c1-5-9-11-13(10-6-2)15(16)12-17-14(7-3)8-4;1-2/h6-8,10-11H,3,5,9,12H2,1-2,4H3;1-2H3/b10-6-,13-11+,14-8+;. The Balaban J connectivity index is 0. The molecule has 0 aliphatic rings. The van der Waals surface area contributed by atoms with Gasteiger partial charge in [-0.25, -0.2) is 0 Å². The third-order valence-electron chi connectivity index (χ3n) is 2.18. The zero-order valence-electron chi connectivity index (χ0n) is 13.0. The molecule has 0 amide bonds. The van der Waals surface area contributed by atoms with E-state index in [1.165, 1.54) is 0 Å². The first-order valence-electron chi connectivity index (χ1n) is 6.97. The van der Waals surface area contributed by atoms with Crippen molar-refractivity contribution in [1.29, 1.82) is 0 Å². The van der Waals surface area contributed by atoms with Crippen LogP contribution in [0.25, 0.3) is 0 Å². The maximum absolute atomic E-state index is 11.9. The molecule has 2 heteroatoms. The van der Waals surface area contributed by atoms with E-state index in [2.05, 4.69) is 13.5 Å². The molecule has 0 aliphatic heterocycles. The molecule has 0 radical (unpaired) electrons. The molecule has 19 heavy (non-hydrogen) atoms. The van der Waals surface area contributed by atoms with Crippen LogP contribution in [0.4, 0.5) is 0 Å². The first-order chi connectivity index (χ1) is 9.19. The minimum Gasteiger partial charge on any atom is -0.486 e. The first kappa shape index (κ1) is 19.8. The fourth-order valence-electron chi connectivity index (χ4n) is 1.25. The van der Waals surface area contributed by atoms with E-state index in [0.717, 1.165) is 12.8 Å². The average molecular weight is 264 g/mol. The Morgan fingerprint density at radius 2 is 1.89 bits per heavy atom. The summed E-state index contributed by atoms with van der Waals surface area (Å²) in [6, 6.07) is 0. The van der Waals surface area contributed by atoms with Crippen LogP contribution in [0.5, 0.6) is 0 Å². The van der Waals surface area contributed by atoms with E-state index in [1.54, 1.807) is 12.2 Å². The van der Waals surface area contributed by atoms with Crippen molar-refractivity contribution in [3.05, 3.63) is 48.3 Å². The highest BCUT2D eigenvalue weighted by molar-refractivity contribution is 5.98. The largest absolute Gasteiger partial charge is 0.486 e. The molecule has 0 saturated heterocycles. The van der Waals surface area contributed by atoms with Crippen LogP contribution in [0.15, 0.2) is 48.3 Å². The second-order valence-electron chi connectivity index (χ2n) is 3.56. The SMILES string of the molecule is C=C/C(=C\C)OCC(=O)C(/C=C\C)=C/CCC.CC. The van der Waals surface area contributed by atoms with Gasteiger partial charge < -0.3 is 4.74 Å². The number of ketones is 1. The fourth-order valence-corrected chi connectivity index (χ4v) is 1.25. The Morgan fingerprint density at radius 1 is 1.26 bits per heavy atom. The van der Waals surface area contributed by atoms with Crippen LogP contribution in [0, 0.1) is 0 Å². The van der Waals surface area contributed by atoms with Crippen molar-refractivity contribution >= 4 is 5.78 Å². The number of hydrogen-bond donors (Lipinski definition) is 0. The lowest BCUT2D eigenvalue weighted by Crippen LogP contribution is -2.09. The molecule has 0 unspecified atom stereocenters. The number of hydrogen-bond acceptors (Lipinski definition) is 2. The Hall–Kier alpha value is -1.57. The summed E-state index contributed by atoms with van der Waals surface area (Å²) in [7, 11) is 0. The summed E-state index contributed by atoms with van der Waals surface area (Å²) >= 11 is 0. The molecule has 0 spiro atoms. The minimum atomic E-state index is -0.00208. The summed E-state index contributed by atoms with van der Waals surface area (Å²) in [5.41, 5.74) is 0.717. The number of rotatable bonds is 8. The van der Waals surface area contributed by atoms with Crippen molar-refractivity contribution in [1.82, 2.24) is 0 Å². The summed E-state index contributed by atoms with van der Waals surface area (Å²) < 4.78 is 5.33. The number of allylic oxidation sites excluding steroid dienone is 5. The third-order valence-corrected chi connectivity index (χ3v) is 2.18. The van der Waals surface area contributed by atoms with Crippen molar-refractivity contribution in [3.63, 3.8) is 0 Å². The molecular formula is C17H28O2. The van der Waals surface area contributed by atoms with Crippen molar-refractivity contribution in [2.75, 3.05) is 6.61 Å². The topological polar surface area (TPSA) is 26.3 Å². The average Bonchev–Trinajstić information content (AvgIpc) is 2.46. The smallest absolute Gasteiger partial charge is 0.199 e. The molecule has 0 rings (SSSR count). The van der Waals surface area contributed by atoms with Gasteiger partial charge in [0.05, 0.1) is 0 Å². The normalized spacial score (nSPS) is 11.8. The van der Waals surface area contributed by atoms with E-state index >= 15 is 0 Å². The van der Waals surface area contributed by atoms with Gasteiger partial charge in [0.25, 0.3) is 0 Å². The van der Waals surface area contributed by atoms with Gasteiger partial charge in [-0.2, -0.15) is 0 Å². The Morgan fingerprint density at radius 3 is 2.32 bits per heavy atom. The Labute approximate surface area is 118 Å². The van der Waals surface area contributed by atoms with Gasteiger partial charge in [0.2, 0.25) is 0 Å². The molecular weight excluding hydrogens is 236 g/mol. The second-order valence-corrected chi connectivity index (χ2v) is 3.56. The van der Waals surface area contributed by atoms with Crippen molar-refractivity contribution in [2.24, 2.45) is 0 Å². The lowest BCUT2D eigenvalue weighted by atomic mass is 10.1. The highest BCUT2D eigenvalue weighted by Crippen LogP contribution is 2.06. The van der Waals surface area contributed by atoms with E-state index in [1.807, 2.05) is 45.9 Å². The van der Waals surface area contributed by atoms with Crippen LogP contribution in [0.3, 0.4) is 0 Å². The van der Waals surface area contributed by atoms with Crippen molar-refractivity contribution in [3.8, 4) is 0 Å². The monoisotopic (exact) mass is 264 g/mol. The lowest BCUT2D eigenvalue weighted by Gasteiger charge is -2.06. The number of Topliss-reactive ketones (excluding diaryl/α,β-unsaturated/α-hetero) is 1. The minimum absolute atomic E-state index is 0.00208. The van der Waals surface area contributed by atoms with Gasteiger partial charge in [-0.15, -0.1) is 0 Å². The summed E-state index contributed by atoms with van der Waals surface area (Å²) in [4.78, 5) is 11.9. The summed E-state index contributed by atoms with van der Waals surface area (Å²) in [5, 5.41) is 0. The molecule has 0 bridgehead atoms. The number of ether oxygens (including phenoxy) is 1. The molecule has 0 heterocycles. The van der Waals surface area contributed by atoms with E-state index in [-0.39, 0.29) is 12.4 Å². The molecule has 0 N–H and O–H groups in total. The third kappa shape index (κ3) is 10.1. The predicted octanol–water partition coefficient (Wildman–Crippen LogP) is 4.99. The van der Waals surface area contributed by atoms with E-state index in [9.17, 15) is 4.79 Å². The van der Waals surface area contributed by atoms with Gasteiger partial charge in [-0.05, 0) is 32.4 Å². The van der Waals surface area contributed by atoms with E-state index < -0.39 is 0 Å². The molecule has 0 aliphatic carbocycles. The highest BCUT2D eigenvalue weighted by atomic mass is 16.5. The maximum Gasteiger partial charge on any atom is 0.199 e. The van der Waals surface area contributed by atoms with Gasteiger partial charge in [0.15, 0.2) is 12.4 Å². The van der Waals surface area contributed by atoms with Crippen LogP contribution >= 0.6 is 0 Å². The molecule has 0 aromatic heterocycles. The van der Waals surface area contributed by atoms with Gasteiger partial charge in [0, 0.05) is 5.57 Å². The summed E-state index contributed by atoms with van der Waals surface area (Å²) in [5.74, 6) is 0.631. The van der Waals surface area contributed by atoms with E-state index in [0.29, 0.717) is 11.3 Å². The quantitative estimate of drug-likeness (QED) is 0.351. The summed E-state index contributed by atoms with van der Waals surface area (Å²) in [6.45, 7) is 13.5. The van der Waals surface area contributed by atoms with Gasteiger partial charge in [-0.1, -0.05) is 52.0 Å². The van der Waals surface area contributed by atoms with Crippen LogP contribution < -0.4 is 0 Å². The molecule has 108 valence electrons. The lowest BCUT2D eigenvalue weighted by molar-refractivity contribution is -0.118. The molecule has 0 aromatic rings. The van der Waals surface area contributed by atoms with Crippen LogP contribution in [0.2, 0.25) is 0 Å². The number of unbranched alkanes of at least 4 members (excludes halogenated alkanes) is 1. The van der Waals surface area contributed by atoms with Crippen molar-refractivity contribution in [2.45, 2.75) is 47.5 Å².